The Kier molecular flexibility index (Phi) is 4.93. The zero-order valence-electron chi connectivity index (χ0n) is 12.4. The van der Waals surface area contributed by atoms with Gasteiger partial charge in [0.15, 0.2) is 12.2 Å². The van der Waals surface area contributed by atoms with Crippen molar-refractivity contribution in [3.63, 3.8) is 0 Å². The van der Waals surface area contributed by atoms with E-state index in [9.17, 15) is 9.59 Å². The van der Waals surface area contributed by atoms with Gasteiger partial charge in [-0.2, -0.15) is 0 Å². The number of benzene rings is 1. The van der Waals surface area contributed by atoms with E-state index in [2.05, 4.69) is 10.3 Å². The maximum Gasteiger partial charge on any atom is 0.326 e. The number of carboxylic acids is 1. The third kappa shape index (κ3) is 3.94. The maximum atomic E-state index is 12.1. The summed E-state index contributed by atoms with van der Waals surface area (Å²) in [5.41, 5.74) is 1.20. The zero-order valence-corrected chi connectivity index (χ0v) is 12.4. The number of nitrogens with one attached hydrogen (secondary N) is 1. The van der Waals surface area contributed by atoms with Crippen molar-refractivity contribution in [2.45, 2.75) is 26.3 Å². The molecule has 2 N–H and O–H groups in total. The minimum Gasteiger partial charge on any atom is -0.480 e. The first kappa shape index (κ1) is 15.8. The van der Waals surface area contributed by atoms with Crippen LogP contribution >= 0.6 is 0 Å². The predicted molar refractivity (Wildman–Crippen MR) is 80.3 cm³/mol. The summed E-state index contributed by atoms with van der Waals surface area (Å²) >= 11 is 0. The Morgan fingerprint density at radius 2 is 1.95 bits per heavy atom. The molecule has 2 rings (SSSR count). The van der Waals surface area contributed by atoms with Crippen molar-refractivity contribution < 1.29 is 19.1 Å². The Balaban J connectivity index is 2.07. The second-order valence-electron chi connectivity index (χ2n) is 5.44. The Labute approximate surface area is 128 Å². The number of carboxylic acid groups (broad SMARTS) is 1. The number of oxazole rings is 1. The van der Waals surface area contributed by atoms with E-state index in [1.165, 1.54) is 6.39 Å². The molecule has 0 aliphatic rings. The van der Waals surface area contributed by atoms with Crippen molar-refractivity contribution in [3.05, 3.63) is 42.4 Å². The lowest BCUT2D eigenvalue weighted by molar-refractivity contribution is -0.139. The van der Waals surface area contributed by atoms with Gasteiger partial charge in [0.1, 0.15) is 6.04 Å². The van der Waals surface area contributed by atoms with E-state index < -0.39 is 17.9 Å². The number of nitrogens with zero attached hydrogens (tertiary/aromatic N) is 1. The number of rotatable bonds is 6. The van der Waals surface area contributed by atoms with E-state index in [0.717, 1.165) is 5.56 Å². The molecule has 1 aromatic heterocycles. The van der Waals surface area contributed by atoms with Gasteiger partial charge < -0.3 is 14.8 Å². The van der Waals surface area contributed by atoms with Crippen LogP contribution < -0.4 is 5.32 Å². The van der Waals surface area contributed by atoms with Crippen LogP contribution in [0.2, 0.25) is 0 Å². The van der Waals surface area contributed by atoms with Crippen molar-refractivity contribution in [2.24, 2.45) is 5.92 Å². The van der Waals surface area contributed by atoms with Crippen LogP contribution in [0.15, 0.2) is 41.3 Å². The van der Waals surface area contributed by atoms with Crippen LogP contribution in [-0.4, -0.2) is 28.0 Å². The Bertz CT molecular complexity index is 633. The highest BCUT2D eigenvalue weighted by molar-refractivity contribution is 5.96. The Morgan fingerprint density at radius 1 is 1.27 bits per heavy atom. The standard InChI is InChI=1S/C16H18N2O4/c1-10(2)7-13(16(20)21)18-15(19)12-5-3-11(4-6-12)14-8-17-9-22-14/h3-6,8-10,13H,7H2,1-2H3,(H,18,19)(H,20,21)/t13-/m1/s1. The molecule has 6 nitrogen and oxygen atoms in total. The molecule has 1 aromatic carbocycles. The summed E-state index contributed by atoms with van der Waals surface area (Å²) in [4.78, 5) is 27.1. The number of aromatic nitrogens is 1. The van der Waals surface area contributed by atoms with E-state index in [1.807, 2.05) is 13.8 Å². The molecule has 1 atom stereocenters. The lowest BCUT2D eigenvalue weighted by Gasteiger charge is -2.16. The SMILES string of the molecule is CC(C)C[C@@H](NC(=O)c1ccc(-c2cnco2)cc1)C(=O)O. The first-order valence-electron chi connectivity index (χ1n) is 7.00. The molecule has 0 bridgehead atoms. The van der Waals surface area contributed by atoms with Gasteiger partial charge in [-0.05, 0) is 24.5 Å². The average Bonchev–Trinajstić information content (AvgIpc) is 3.00. The molecule has 1 amide bonds. The lowest BCUT2D eigenvalue weighted by Crippen LogP contribution is -2.41. The molecule has 2 aromatic rings. The molecule has 0 radical (unpaired) electrons. The van der Waals surface area contributed by atoms with Crippen molar-refractivity contribution in [2.75, 3.05) is 0 Å². The van der Waals surface area contributed by atoms with Crippen LogP contribution in [0.3, 0.4) is 0 Å². The van der Waals surface area contributed by atoms with E-state index >= 15 is 0 Å². The van der Waals surface area contributed by atoms with Gasteiger partial charge in [-0.1, -0.05) is 26.0 Å². The predicted octanol–water partition coefficient (Wildman–Crippen LogP) is 2.57. The highest BCUT2D eigenvalue weighted by Crippen LogP contribution is 2.19. The second kappa shape index (κ2) is 6.89. The van der Waals surface area contributed by atoms with Crippen molar-refractivity contribution in [1.82, 2.24) is 10.3 Å². The summed E-state index contributed by atoms with van der Waals surface area (Å²) in [5.74, 6) is -0.650. The van der Waals surface area contributed by atoms with Crippen LogP contribution in [0.25, 0.3) is 11.3 Å². The van der Waals surface area contributed by atoms with Gasteiger partial charge in [0, 0.05) is 11.1 Å². The van der Waals surface area contributed by atoms with Gasteiger partial charge in [0.05, 0.1) is 6.20 Å². The van der Waals surface area contributed by atoms with Gasteiger partial charge in [-0.3, -0.25) is 4.79 Å². The van der Waals surface area contributed by atoms with E-state index in [1.54, 1.807) is 30.5 Å². The average molecular weight is 302 g/mol. The van der Waals surface area contributed by atoms with Gasteiger partial charge in [-0.15, -0.1) is 0 Å². The molecular weight excluding hydrogens is 284 g/mol. The molecule has 22 heavy (non-hydrogen) atoms. The van der Waals surface area contributed by atoms with Crippen LogP contribution in [0.5, 0.6) is 0 Å². The van der Waals surface area contributed by atoms with Crippen LogP contribution in [0.1, 0.15) is 30.6 Å². The number of carbonyl (C=O) groups is 2. The van der Waals surface area contributed by atoms with Crippen LogP contribution in [0, 0.1) is 5.92 Å². The molecule has 0 aliphatic heterocycles. The molecule has 0 aliphatic carbocycles. The molecule has 6 heteroatoms. The summed E-state index contributed by atoms with van der Waals surface area (Å²) < 4.78 is 5.17. The molecule has 0 unspecified atom stereocenters. The highest BCUT2D eigenvalue weighted by Gasteiger charge is 2.21. The molecule has 0 saturated heterocycles. The largest absolute Gasteiger partial charge is 0.480 e. The number of aliphatic carboxylic acids is 1. The molecule has 1 heterocycles. The van der Waals surface area contributed by atoms with Gasteiger partial charge in [-0.25, -0.2) is 9.78 Å². The quantitative estimate of drug-likeness (QED) is 0.855. The van der Waals surface area contributed by atoms with Gasteiger partial charge >= 0.3 is 5.97 Å². The smallest absolute Gasteiger partial charge is 0.326 e. The number of amides is 1. The fraction of sp³-hybridized carbons (Fsp3) is 0.312. The van der Waals surface area contributed by atoms with Crippen LogP contribution in [0.4, 0.5) is 0 Å². The fourth-order valence-electron chi connectivity index (χ4n) is 2.08. The third-order valence-electron chi connectivity index (χ3n) is 3.17. The van der Waals surface area contributed by atoms with Gasteiger partial charge in [0.25, 0.3) is 5.91 Å². The van der Waals surface area contributed by atoms with E-state index in [4.69, 9.17) is 9.52 Å². The van der Waals surface area contributed by atoms with Crippen molar-refractivity contribution >= 4 is 11.9 Å². The highest BCUT2D eigenvalue weighted by atomic mass is 16.4. The topological polar surface area (TPSA) is 92.4 Å². The number of carbonyl (C=O) groups excluding carboxylic acids is 1. The molecule has 0 saturated carbocycles. The molecular formula is C16H18N2O4. The first-order chi connectivity index (χ1) is 10.5. The monoisotopic (exact) mass is 302 g/mol. The van der Waals surface area contributed by atoms with Crippen molar-refractivity contribution in [3.8, 4) is 11.3 Å². The zero-order chi connectivity index (χ0) is 16.1. The summed E-state index contributed by atoms with van der Waals surface area (Å²) in [6, 6.07) is 5.82. The van der Waals surface area contributed by atoms with E-state index in [0.29, 0.717) is 17.7 Å². The minimum absolute atomic E-state index is 0.176. The van der Waals surface area contributed by atoms with Gasteiger partial charge in [0.2, 0.25) is 0 Å². The first-order valence-corrected chi connectivity index (χ1v) is 7.00. The second-order valence-corrected chi connectivity index (χ2v) is 5.44. The molecule has 0 spiro atoms. The summed E-state index contributed by atoms with van der Waals surface area (Å²) in [6.45, 7) is 3.82. The summed E-state index contributed by atoms with van der Waals surface area (Å²) in [7, 11) is 0. The Hall–Kier alpha value is -2.63. The number of hydrogen-bond acceptors (Lipinski definition) is 4. The maximum absolute atomic E-state index is 12.1. The van der Waals surface area contributed by atoms with Crippen molar-refractivity contribution in [1.29, 1.82) is 0 Å². The summed E-state index contributed by atoms with van der Waals surface area (Å²) in [5, 5.41) is 11.7. The molecule has 0 fully saturated rings. The van der Waals surface area contributed by atoms with E-state index in [-0.39, 0.29) is 5.92 Å². The Morgan fingerprint density at radius 3 is 2.45 bits per heavy atom. The normalized spacial score (nSPS) is 12.1. The summed E-state index contributed by atoms with van der Waals surface area (Å²) in [6.07, 6.45) is 3.30. The number of hydrogen-bond donors (Lipinski definition) is 2. The fourth-order valence-corrected chi connectivity index (χ4v) is 2.08. The lowest BCUT2D eigenvalue weighted by atomic mass is 10.0. The van der Waals surface area contributed by atoms with Crippen LogP contribution in [-0.2, 0) is 4.79 Å². The minimum atomic E-state index is -1.03. The third-order valence-corrected chi connectivity index (χ3v) is 3.17. The molecule has 116 valence electrons.